The van der Waals surface area contributed by atoms with Gasteiger partial charge >= 0.3 is 5.97 Å². The van der Waals surface area contributed by atoms with Crippen LogP contribution in [0.5, 0.6) is 0 Å². The van der Waals surface area contributed by atoms with E-state index in [2.05, 4.69) is 4.74 Å². The monoisotopic (exact) mass is 289 g/mol. The topological polar surface area (TPSA) is 46.6 Å². The molecule has 0 unspecified atom stereocenters. The van der Waals surface area contributed by atoms with Gasteiger partial charge in [0.1, 0.15) is 4.88 Å². The molecule has 0 bridgehead atoms. The van der Waals surface area contributed by atoms with Crippen LogP contribution in [0.25, 0.3) is 0 Å². The van der Waals surface area contributed by atoms with E-state index < -0.39 is 5.97 Å². The summed E-state index contributed by atoms with van der Waals surface area (Å²) in [5.74, 6) is -0.520. The highest BCUT2D eigenvalue weighted by atomic mass is 32.1. The Morgan fingerprint density at radius 1 is 1.10 bits per heavy atom. The second-order valence-corrected chi connectivity index (χ2v) is 5.39. The van der Waals surface area contributed by atoms with E-state index in [9.17, 15) is 9.59 Å². The summed E-state index contributed by atoms with van der Waals surface area (Å²) in [5, 5.41) is 0. The van der Waals surface area contributed by atoms with Crippen molar-refractivity contribution in [2.45, 2.75) is 6.54 Å². The van der Waals surface area contributed by atoms with Gasteiger partial charge in [-0.15, -0.1) is 11.3 Å². The first-order valence-electron chi connectivity index (χ1n) is 6.09. The van der Waals surface area contributed by atoms with Crippen LogP contribution in [0.3, 0.4) is 0 Å². The van der Waals surface area contributed by atoms with E-state index in [0.29, 0.717) is 16.3 Å². The highest BCUT2D eigenvalue weighted by Gasteiger charge is 2.17. The molecule has 5 heteroatoms. The van der Waals surface area contributed by atoms with Gasteiger partial charge in [-0.25, -0.2) is 4.79 Å². The van der Waals surface area contributed by atoms with E-state index >= 15 is 0 Å². The van der Waals surface area contributed by atoms with Gasteiger partial charge in [0.2, 0.25) is 0 Å². The summed E-state index contributed by atoms with van der Waals surface area (Å²) in [6.07, 6.45) is 0. The Morgan fingerprint density at radius 2 is 1.75 bits per heavy atom. The molecule has 0 fully saturated rings. The lowest BCUT2D eigenvalue weighted by atomic mass is 10.2. The zero-order valence-corrected chi connectivity index (χ0v) is 12.1. The molecule has 1 heterocycles. The predicted octanol–water partition coefficient (Wildman–Crippen LogP) is 2.81. The number of ether oxygens (including phenoxy) is 1. The van der Waals surface area contributed by atoms with Crippen LogP contribution in [0.1, 0.15) is 24.9 Å². The highest BCUT2D eigenvalue weighted by Crippen LogP contribution is 2.19. The molecule has 0 spiro atoms. The Labute approximate surface area is 121 Å². The summed E-state index contributed by atoms with van der Waals surface area (Å²) >= 11 is 1.15. The molecular formula is C15H15NO3S. The van der Waals surface area contributed by atoms with Crippen LogP contribution in [0.15, 0.2) is 42.5 Å². The van der Waals surface area contributed by atoms with Crippen LogP contribution in [0.4, 0.5) is 0 Å². The summed E-state index contributed by atoms with van der Waals surface area (Å²) in [6, 6.07) is 13.0. The summed E-state index contributed by atoms with van der Waals surface area (Å²) in [6.45, 7) is 0.533. The lowest BCUT2D eigenvalue weighted by Crippen LogP contribution is -2.25. The Balaban J connectivity index is 2.07. The normalized spacial score (nSPS) is 10.1. The standard InChI is InChI=1S/C15H15NO3S/c1-16(10-11-6-4-3-5-7-11)14(17)12-8-9-13(20-12)15(18)19-2/h3-9H,10H2,1-2H3. The molecule has 0 saturated heterocycles. The molecule has 20 heavy (non-hydrogen) atoms. The second kappa shape index (κ2) is 6.34. The zero-order chi connectivity index (χ0) is 14.5. The molecular weight excluding hydrogens is 274 g/mol. The number of hydrogen-bond donors (Lipinski definition) is 0. The first kappa shape index (κ1) is 14.3. The minimum atomic E-state index is -0.417. The van der Waals surface area contributed by atoms with Crippen molar-refractivity contribution in [1.29, 1.82) is 0 Å². The van der Waals surface area contributed by atoms with Gasteiger partial charge in [0.25, 0.3) is 5.91 Å². The number of nitrogens with zero attached hydrogens (tertiary/aromatic N) is 1. The van der Waals surface area contributed by atoms with Crippen molar-refractivity contribution in [2.24, 2.45) is 0 Å². The molecule has 2 aromatic rings. The molecule has 0 atom stereocenters. The van der Waals surface area contributed by atoms with E-state index in [1.807, 2.05) is 30.3 Å². The minimum Gasteiger partial charge on any atom is -0.465 e. The summed E-state index contributed by atoms with van der Waals surface area (Å²) in [5.41, 5.74) is 1.06. The first-order valence-corrected chi connectivity index (χ1v) is 6.91. The lowest BCUT2D eigenvalue weighted by Gasteiger charge is -2.16. The number of thiophene rings is 1. The Hall–Kier alpha value is -2.14. The third-order valence-electron chi connectivity index (χ3n) is 2.81. The Kier molecular flexibility index (Phi) is 4.53. The van der Waals surface area contributed by atoms with Gasteiger partial charge in [-0.05, 0) is 17.7 Å². The van der Waals surface area contributed by atoms with E-state index in [0.717, 1.165) is 16.9 Å². The summed E-state index contributed by atoms with van der Waals surface area (Å²) < 4.78 is 4.63. The quantitative estimate of drug-likeness (QED) is 0.813. The number of hydrogen-bond acceptors (Lipinski definition) is 4. The van der Waals surface area contributed by atoms with Crippen molar-refractivity contribution in [2.75, 3.05) is 14.2 Å². The van der Waals surface area contributed by atoms with Crippen molar-refractivity contribution in [1.82, 2.24) is 4.90 Å². The van der Waals surface area contributed by atoms with Crippen molar-refractivity contribution < 1.29 is 14.3 Å². The largest absolute Gasteiger partial charge is 0.465 e. The third kappa shape index (κ3) is 3.24. The number of esters is 1. The van der Waals surface area contributed by atoms with Crippen LogP contribution in [-0.4, -0.2) is 30.9 Å². The van der Waals surface area contributed by atoms with Crippen molar-refractivity contribution in [3.63, 3.8) is 0 Å². The molecule has 104 valence electrons. The number of benzene rings is 1. The maximum absolute atomic E-state index is 12.3. The smallest absolute Gasteiger partial charge is 0.348 e. The van der Waals surface area contributed by atoms with Gasteiger partial charge in [-0.3, -0.25) is 4.79 Å². The van der Waals surface area contributed by atoms with Gasteiger partial charge in [0, 0.05) is 13.6 Å². The van der Waals surface area contributed by atoms with Crippen molar-refractivity contribution in [3.8, 4) is 0 Å². The van der Waals surface area contributed by atoms with Crippen LogP contribution in [0.2, 0.25) is 0 Å². The molecule has 2 rings (SSSR count). The highest BCUT2D eigenvalue weighted by molar-refractivity contribution is 7.15. The van der Waals surface area contributed by atoms with Gasteiger partial charge in [0.05, 0.1) is 12.0 Å². The molecule has 0 N–H and O–H groups in total. The average Bonchev–Trinajstić information content (AvgIpc) is 2.96. The van der Waals surface area contributed by atoms with E-state index in [1.54, 1.807) is 24.1 Å². The van der Waals surface area contributed by atoms with Gasteiger partial charge < -0.3 is 9.64 Å². The van der Waals surface area contributed by atoms with Gasteiger partial charge in [-0.1, -0.05) is 30.3 Å². The van der Waals surface area contributed by atoms with Crippen LogP contribution in [-0.2, 0) is 11.3 Å². The maximum atomic E-state index is 12.3. The number of amides is 1. The van der Waals surface area contributed by atoms with Gasteiger partial charge in [0.15, 0.2) is 0 Å². The van der Waals surface area contributed by atoms with Crippen LogP contribution >= 0.6 is 11.3 Å². The Morgan fingerprint density at radius 3 is 2.40 bits per heavy atom. The van der Waals surface area contributed by atoms with Gasteiger partial charge in [-0.2, -0.15) is 0 Å². The molecule has 0 aliphatic carbocycles. The average molecular weight is 289 g/mol. The fourth-order valence-corrected chi connectivity index (χ4v) is 2.70. The molecule has 0 aliphatic rings. The number of methoxy groups -OCH3 is 1. The zero-order valence-electron chi connectivity index (χ0n) is 11.3. The fourth-order valence-electron chi connectivity index (χ4n) is 1.78. The molecule has 0 saturated carbocycles. The van der Waals surface area contributed by atoms with E-state index in [4.69, 9.17) is 0 Å². The SMILES string of the molecule is COC(=O)c1ccc(C(=O)N(C)Cc2ccccc2)s1. The summed E-state index contributed by atoms with van der Waals surface area (Å²) in [4.78, 5) is 26.2. The van der Waals surface area contributed by atoms with Crippen LogP contribution in [0, 0.1) is 0 Å². The van der Waals surface area contributed by atoms with Crippen molar-refractivity contribution >= 4 is 23.2 Å². The molecule has 1 aromatic heterocycles. The molecule has 1 amide bonds. The molecule has 0 radical (unpaired) electrons. The lowest BCUT2D eigenvalue weighted by molar-refractivity contribution is 0.0606. The fraction of sp³-hybridized carbons (Fsp3) is 0.200. The van der Waals surface area contributed by atoms with E-state index in [-0.39, 0.29) is 5.91 Å². The first-order chi connectivity index (χ1) is 9.61. The van der Waals surface area contributed by atoms with Crippen LogP contribution < -0.4 is 0 Å². The van der Waals surface area contributed by atoms with Crippen molar-refractivity contribution in [3.05, 3.63) is 57.8 Å². The van der Waals surface area contributed by atoms with E-state index in [1.165, 1.54) is 7.11 Å². The number of carbonyl (C=O) groups is 2. The molecule has 0 aliphatic heterocycles. The molecule has 4 nitrogen and oxygen atoms in total. The minimum absolute atomic E-state index is 0.103. The predicted molar refractivity (Wildman–Crippen MR) is 77.9 cm³/mol. The second-order valence-electron chi connectivity index (χ2n) is 4.30. The Bertz CT molecular complexity index is 607. The maximum Gasteiger partial charge on any atom is 0.348 e. The third-order valence-corrected chi connectivity index (χ3v) is 3.87. The number of rotatable bonds is 4. The number of carbonyl (C=O) groups excluding carboxylic acids is 2. The molecule has 1 aromatic carbocycles. The summed E-state index contributed by atoms with van der Waals surface area (Å²) in [7, 11) is 3.07.